The first-order valence-corrected chi connectivity index (χ1v) is 11.5. The van der Waals surface area contributed by atoms with Crippen molar-refractivity contribution in [2.75, 3.05) is 33.3 Å². The molecule has 10 heteroatoms. The molecule has 0 aliphatic carbocycles. The van der Waals surface area contributed by atoms with Crippen LogP contribution < -0.4 is 5.32 Å². The number of esters is 1. The fourth-order valence-corrected chi connectivity index (χ4v) is 4.70. The van der Waals surface area contributed by atoms with Crippen LogP contribution in [0.1, 0.15) is 22.3 Å². The zero-order valence-corrected chi connectivity index (χ0v) is 18.5. The Bertz CT molecular complexity index is 1070. The Morgan fingerprint density at radius 2 is 1.78 bits per heavy atom. The van der Waals surface area contributed by atoms with E-state index in [9.17, 15) is 22.8 Å². The normalized spacial score (nSPS) is 14.5. The molecule has 2 aromatic carbocycles. The Hall–Kier alpha value is -3.24. The predicted octanol–water partition coefficient (Wildman–Crippen LogP) is 1.01. The van der Waals surface area contributed by atoms with Gasteiger partial charge in [-0.15, -0.1) is 0 Å². The number of nitrogens with one attached hydrogen (secondary N) is 1. The van der Waals surface area contributed by atoms with E-state index in [-0.39, 0.29) is 49.3 Å². The largest absolute Gasteiger partial charge is 0.469 e. The Labute approximate surface area is 187 Å². The SMILES string of the molecule is COC(=O)CCN(Cc1ccccc1)C(=O)c1ccc(S(=O)(=O)N2CCNC(=O)C2)cc1. The third-order valence-corrected chi connectivity index (χ3v) is 6.92. The van der Waals surface area contributed by atoms with Gasteiger partial charge in [0.2, 0.25) is 15.9 Å². The van der Waals surface area contributed by atoms with E-state index < -0.39 is 16.0 Å². The second-order valence-corrected chi connectivity index (χ2v) is 9.19. The van der Waals surface area contributed by atoms with Gasteiger partial charge in [0.05, 0.1) is 25.0 Å². The number of hydrogen-bond donors (Lipinski definition) is 1. The van der Waals surface area contributed by atoms with Gasteiger partial charge in [-0.05, 0) is 29.8 Å². The highest BCUT2D eigenvalue weighted by atomic mass is 32.2. The van der Waals surface area contributed by atoms with Crippen LogP contribution >= 0.6 is 0 Å². The smallest absolute Gasteiger partial charge is 0.307 e. The van der Waals surface area contributed by atoms with Crippen molar-refractivity contribution in [3.63, 3.8) is 0 Å². The summed E-state index contributed by atoms with van der Waals surface area (Å²) in [7, 11) is -2.56. The second-order valence-electron chi connectivity index (χ2n) is 7.25. The molecule has 32 heavy (non-hydrogen) atoms. The lowest BCUT2D eigenvalue weighted by molar-refractivity contribution is -0.140. The molecule has 1 aliphatic rings. The molecule has 1 aliphatic heterocycles. The average molecular weight is 460 g/mol. The van der Waals surface area contributed by atoms with Gasteiger partial charge in [0, 0.05) is 31.7 Å². The van der Waals surface area contributed by atoms with E-state index in [1.807, 2.05) is 30.3 Å². The molecule has 0 radical (unpaired) electrons. The molecule has 0 aromatic heterocycles. The molecule has 1 saturated heterocycles. The van der Waals surface area contributed by atoms with E-state index >= 15 is 0 Å². The minimum atomic E-state index is -3.84. The summed E-state index contributed by atoms with van der Waals surface area (Å²) in [6, 6.07) is 14.9. The van der Waals surface area contributed by atoms with Crippen LogP contribution in [0.5, 0.6) is 0 Å². The highest BCUT2D eigenvalue weighted by molar-refractivity contribution is 7.89. The minimum Gasteiger partial charge on any atom is -0.469 e. The Balaban J connectivity index is 1.78. The van der Waals surface area contributed by atoms with Crippen molar-refractivity contribution in [1.82, 2.24) is 14.5 Å². The lowest BCUT2D eigenvalue weighted by Gasteiger charge is -2.26. The topological polar surface area (TPSA) is 113 Å². The molecule has 0 spiro atoms. The first-order chi connectivity index (χ1) is 15.3. The highest BCUT2D eigenvalue weighted by Crippen LogP contribution is 2.19. The van der Waals surface area contributed by atoms with Gasteiger partial charge in [0.15, 0.2) is 0 Å². The Morgan fingerprint density at radius 3 is 2.41 bits per heavy atom. The number of piperazine rings is 1. The number of sulfonamides is 1. The van der Waals surface area contributed by atoms with Crippen LogP contribution in [0.4, 0.5) is 0 Å². The van der Waals surface area contributed by atoms with E-state index in [1.165, 1.54) is 36.3 Å². The predicted molar refractivity (Wildman–Crippen MR) is 116 cm³/mol. The van der Waals surface area contributed by atoms with E-state index in [0.717, 1.165) is 9.87 Å². The van der Waals surface area contributed by atoms with Gasteiger partial charge in [-0.1, -0.05) is 30.3 Å². The summed E-state index contributed by atoms with van der Waals surface area (Å²) in [6.07, 6.45) is 0.0402. The van der Waals surface area contributed by atoms with Gasteiger partial charge in [-0.25, -0.2) is 8.42 Å². The summed E-state index contributed by atoms with van der Waals surface area (Å²) in [5.74, 6) is -1.12. The molecule has 2 amide bonds. The molecule has 1 N–H and O–H groups in total. The number of hydrogen-bond acceptors (Lipinski definition) is 6. The van der Waals surface area contributed by atoms with Crippen molar-refractivity contribution in [3.05, 3.63) is 65.7 Å². The maximum Gasteiger partial charge on any atom is 0.307 e. The van der Waals surface area contributed by atoms with Crippen LogP contribution in [0.25, 0.3) is 0 Å². The van der Waals surface area contributed by atoms with E-state index in [4.69, 9.17) is 0 Å². The molecule has 0 saturated carbocycles. The van der Waals surface area contributed by atoms with Crippen LogP contribution in [0.15, 0.2) is 59.5 Å². The molecular weight excluding hydrogens is 434 g/mol. The summed E-state index contributed by atoms with van der Waals surface area (Å²) in [5, 5.41) is 2.59. The molecule has 0 bridgehead atoms. The summed E-state index contributed by atoms with van der Waals surface area (Å²) in [5.41, 5.74) is 1.19. The molecule has 1 heterocycles. The quantitative estimate of drug-likeness (QED) is 0.590. The number of amides is 2. The standard InChI is InChI=1S/C22H25N3O6S/c1-31-21(27)11-13-24(15-17-5-3-2-4-6-17)22(28)18-7-9-19(10-8-18)32(29,30)25-14-12-23-20(26)16-25/h2-10H,11-16H2,1H3,(H,23,26). The monoisotopic (exact) mass is 459 g/mol. The number of rotatable bonds is 8. The molecule has 3 rings (SSSR count). The van der Waals surface area contributed by atoms with Gasteiger partial charge >= 0.3 is 5.97 Å². The summed E-state index contributed by atoms with van der Waals surface area (Å²) in [6.45, 7) is 0.654. The number of carbonyl (C=O) groups excluding carboxylic acids is 3. The second kappa shape index (κ2) is 10.4. The van der Waals surface area contributed by atoms with Crippen LogP contribution in [0.3, 0.4) is 0 Å². The van der Waals surface area contributed by atoms with Gasteiger partial charge in [-0.3, -0.25) is 14.4 Å². The number of benzene rings is 2. The number of ether oxygens (including phenoxy) is 1. The van der Waals surface area contributed by atoms with Gasteiger partial charge < -0.3 is 15.0 Å². The third-order valence-electron chi connectivity index (χ3n) is 5.06. The Kier molecular flexibility index (Phi) is 7.60. The summed E-state index contributed by atoms with van der Waals surface area (Å²) < 4.78 is 31.4. The van der Waals surface area contributed by atoms with Crippen molar-refractivity contribution in [1.29, 1.82) is 0 Å². The zero-order chi connectivity index (χ0) is 23.1. The van der Waals surface area contributed by atoms with Crippen LogP contribution in [0.2, 0.25) is 0 Å². The van der Waals surface area contributed by atoms with Crippen molar-refractivity contribution in [3.8, 4) is 0 Å². The minimum absolute atomic E-state index is 0.00733. The van der Waals surface area contributed by atoms with Crippen molar-refractivity contribution >= 4 is 27.8 Å². The lowest BCUT2D eigenvalue weighted by Crippen LogP contribution is -2.49. The highest BCUT2D eigenvalue weighted by Gasteiger charge is 2.29. The number of carbonyl (C=O) groups is 3. The zero-order valence-electron chi connectivity index (χ0n) is 17.7. The van der Waals surface area contributed by atoms with Crippen LogP contribution in [-0.4, -0.2) is 68.7 Å². The molecule has 170 valence electrons. The fraction of sp³-hybridized carbons (Fsp3) is 0.318. The molecule has 2 aromatic rings. The van der Waals surface area contributed by atoms with E-state index in [1.54, 1.807) is 0 Å². The Morgan fingerprint density at radius 1 is 1.09 bits per heavy atom. The first-order valence-electron chi connectivity index (χ1n) is 10.1. The van der Waals surface area contributed by atoms with E-state index in [2.05, 4.69) is 10.1 Å². The number of methoxy groups -OCH3 is 1. The van der Waals surface area contributed by atoms with E-state index in [0.29, 0.717) is 12.1 Å². The maximum atomic E-state index is 13.1. The first kappa shape index (κ1) is 23.4. The fourth-order valence-electron chi connectivity index (χ4n) is 3.31. The maximum absolute atomic E-state index is 13.1. The molecule has 0 atom stereocenters. The molecular formula is C22H25N3O6S. The average Bonchev–Trinajstić information content (AvgIpc) is 2.81. The molecule has 9 nitrogen and oxygen atoms in total. The summed E-state index contributed by atoms with van der Waals surface area (Å²) in [4.78, 5) is 37.8. The van der Waals surface area contributed by atoms with Crippen molar-refractivity contribution in [2.24, 2.45) is 0 Å². The van der Waals surface area contributed by atoms with Crippen molar-refractivity contribution < 1.29 is 27.5 Å². The summed E-state index contributed by atoms with van der Waals surface area (Å²) >= 11 is 0. The third kappa shape index (κ3) is 5.71. The van der Waals surface area contributed by atoms with Crippen LogP contribution in [-0.2, 0) is 30.9 Å². The van der Waals surface area contributed by atoms with Gasteiger partial charge in [0.1, 0.15) is 0 Å². The van der Waals surface area contributed by atoms with Gasteiger partial charge in [0.25, 0.3) is 5.91 Å². The molecule has 1 fully saturated rings. The molecule has 0 unspecified atom stereocenters. The lowest BCUT2D eigenvalue weighted by atomic mass is 10.1. The van der Waals surface area contributed by atoms with Crippen LogP contribution in [0, 0.1) is 0 Å². The van der Waals surface area contributed by atoms with Gasteiger partial charge in [-0.2, -0.15) is 4.31 Å². The number of nitrogens with zero attached hydrogens (tertiary/aromatic N) is 2. The van der Waals surface area contributed by atoms with Crippen molar-refractivity contribution in [2.45, 2.75) is 17.9 Å².